The van der Waals surface area contributed by atoms with Crippen LogP contribution in [0.3, 0.4) is 0 Å². The summed E-state index contributed by atoms with van der Waals surface area (Å²) >= 11 is 0. The lowest BCUT2D eigenvalue weighted by molar-refractivity contribution is 0.836. The molecule has 80 valence electrons. The standard InChI is InChI=1S/C8H14.C3H8.C2H6/c1-4-5-6-7-8(2)3;1-3-2;1-2/h4H,1-2,5-7H2,3H3;3H2,1-2H3;1-2H3. The summed E-state index contributed by atoms with van der Waals surface area (Å²) in [5, 5.41) is 0. The lowest BCUT2D eigenvalue weighted by atomic mass is 10.1. The minimum absolute atomic E-state index is 1.12. The van der Waals surface area contributed by atoms with Crippen LogP contribution in [0.5, 0.6) is 0 Å². The highest BCUT2D eigenvalue weighted by Gasteiger charge is 1.82. The largest absolute Gasteiger partial charge is 0.103 e. The topological polar surface area (TPSA) is 0 Å². The highest BCUT2D eigenvalue weighted by Crippen LogP contribution is 2.02. The molecule has 0 saturated carbocycles. The van der Waals surface area contributed by atoms with Crippen molar-refractivity contribution in [3.05, 3.63) is 24.8 Å². The fraction of sp³-hybridized carbons (Fsp3) is 0.692. The van der Waals surface area contributed by atoms with Gasteiger partial charge in [-0.15, -0.1) is 13.2 Å². The molecule has 0 aromatic carbocycles. The molecule has 0 aliphatic heterocycles. The minimum atomic E-state index is 1.12. The number of unbranched alkanes of at least 4 members (excludes halogenated alkanes) is 1. The molecule has 0 N–H and O–H groups in total. The molecule has 0 heteroatoms. The second-order valence-electron chi connectivity index (χ2n) is 2.85. The fourth-order valence-corrected chi connectivity index (χ4v) is 0.548. The lowest BCUT2D eigenvalue weighted by Gasteiger charge is -1.92. The number of hydrogen-bond donors (Lipinski definition) is 0. The summed E-state index contributed by atoms with van der Waals surface area (Å²) in [6.07, 6.45) is 6.67. The second-order valence-corrected chi connectivity index (χ2v) is 2.85. The van der Waals surface area contributed by atoms with Crippen molar-refractivity contribution in [2.45, 2.75) is 60.3 Å². The van der Waals surface area contributed by atoms with Crippen LogP contribution in [0.1, 0.15) is 60.3 Å². The van der Waals surface area contributed by atoms with E-state index in [1.807, 2.05) is 19.9 Å². The van der Waals surface area contributed by atoms with Crippen molar-refractivity contribution in [2.24, 2.45) is 0 Å². The molecule has 0 atom stereocenters. The highest BCUT2D eigenvalue weighted by molar-refractivity contribution is 4.88. The van der Waals surface area contributed by atoms with Crippen molar-refractivity contribution in [2.75, 3.05) is 0 Å². The van der Waals surface area contributed by atoms with Crippen LogP contribution in [0.15, 0.2) is 24.8 Å². The lowest BCUT2D eigenvalue weighted by Crippen LogP contribution is -1.72. The Morgan fingerprint density at radius 2 is 1.62 bits per heavy atom. The first-order valence-electron chi connectivity index (χ1n) is 5.44. The summed E-state index contributed by atoms with van der Waals surface area (Å²) in [5.74, 6) is 0. The molecule has 0 unspecified atom stereocenters. The minimum Gasteiger partial charge on any atom is -0.103 e. The molecule has 0 heterocycles. The van der Waals surface area contributed by atoms with Gasteiger partial charge >= 0.3 is 0 Å². The Bertz CT molecular complexity index is 90.2. The van der Waals surface area contributed by atoms with Crippen molar-refractivity contribution >= 4 is 0 Å². The Morgan fingerprint density at radius 3 is 1.85 bits per heavy atom. The summed E-state index contributed by atoms with van der Waals surface area (Å²) in [6, 6.07) is 0. The molecule has 0 fully saturated rings. The quantitative estimate of drug-likeness (QED) is 0.407. The van der Waals surface area contributed by atoms with E-state index >= 15 is 0 Å². The molecular formula is C13H28. The molecule has 0 aliphatic carbocycles. The van der Waals surface area contributed by atoms with E-state index in [2.05, 4.69) is 33.9 Å². The maximum atomic E-state index is 3.79. The van der Waals surface area contributed by atoms with Crippen molar-refractivity contribution in [1.29, 1.82) is 0 Å². The SMILES string of the molecule is C=CCCCC(=C)C.CC.CCC. The van der Waals surface area contributed by atoms with E-state index in [-0.39, 0.29) is 0 Å². The van der Waals surface area contributed by atoms with Crippen molar-refractivity contribution in [3.63, 3.8) is 0 Å². The summed E-state index contributed by atoms with van der Waals surface area (Å²) in [5.41, 5.74) is 1.27. The molecule has 0 aromatic rings. The van der Waals surface area contributed by atoms with Crippen molar-refractivity contribution in [3.8, 4) is 0 Å². The number of hydrogen-bond acceptors (Lipinski definition) is 0. The van der Waals surface area contributed by atoms with E-state index in [4.69, 9.17) is 0 Å². The zero-order chi connectivity index (χ0) is 11.1. The maximum absolute atomic E-state index is 3.79. The zero-order valence-corrected chi connectivity index (χ0v) is 10.3. The van der Waals surface area contributed by atoms with E-state index in [1.54, 1.807) is 0 Å². The van der Waals surface area contributed by atoms with Crippen LogP contribution >= 0.6 is 0 Å². The Morgan fingerprint density at radius 1 is 1.23 bits per heavy atom. The van der Waals surface area contributed by atoms with Crippen molar-refractivity contribution in [1.82, 2.24) is 0 Å². The van der Waals surface area contributed by atoms with Gasteiger partial charge in [-0.1, -0.05) is 45.8 Å². The molecule has 0 spiro atoms. The monoisotopic (exact) mass is 184 g/mol. The normalized spacial score (nSPS) is 7.15. The van der Waals surface area contributed by atoms with E-state index in [1.165, 1.54) is 18.4 Å². The van der Waals surface area contributed by atoms with Crippen LogP contribution in [0.4, 0.5) is 0 Å². The smallest absolute Gasteiger partial charge is 0.0323 e. The van der Waals surface area contributed by atoms with Crippen LogP contribution in [-0.4, -0.2) is 0 Å². The number of rotatable bonds is 4. The second kappa shape index (κ2) is 22.5. The summed E-state index contributed by atoms with van der Waals surface area (Å²) in [6.45, 7) is 17.7. The maximum Gasteiger partial charge on any atom is -0.0323 e. The fourth-order valence-electron chi connectivity index (χ4n) is 0.548. The predicted molar refractivity (Wildman–Crippen MR) is 66.2 cm³/mol. The van der Waals surface area contributed by atoms with Gasteiger partial charge in [0.05, 0.1) is 0 Å². The van der Waals surface area contributed by atoms with Gasteiger partial charge < -0.3 is 0 Å². The van der Waals surface area contributed by atoms with Crippen LogP contribution < -0.4 is 0 Å². The van der Waals surface area contributed by atoms with Gasteiger partial charge in [0.1, 0.15) is 0 Å². The van der Waals surface area contributed by atoms with Crippen LogP contribution in [0, 0.1) is 0 Å². The number of allylic oxidation sites excluding steroid dienone is 2. The third-order valence-corrected chi connectivity index (χ3v) is 1.01. The molecule has 0 rings (SSSR count). The Hall–Kier alpha value is -0.520. The van der Waals surface area contributed by atoms with Gasteiger partial charge in [0.25, 0.3) is 0 Å². The van der Waals surface area contributed by atoms with Gasteiger partial charge in [0, 0.05) is 0 Å². The summed E-state index contributed by atoms with van der Waals surface area (Å²) in [4.78, 5) is 0. The first-order chi connectivity index (χ1) is 6.18. The van der Waals surface area contributed by atoms with Crippen molar-refractivity contribution < 1.29 is 0 Å². The molecule has 13 heavy (non-hydrogen) atoms. The molecule has 0 radical (unpaired) electrons. The van der Waals surface area contributed by atoms with Gasteiger partial charge in [0.2, 0.25) is 0 Å². The van der Waals surface area contributed by atoms with Crippen LogP contribution in [0.2, 0.25) is 0 Å². The van der Waals surface area contributed by atoms with Gasteiger partial charge in [-0.05, 0) is 26.2 Å². The first kappa shape index (κ1) is 18.3. The van der Waals surface area contributed by atoms with Crippen LogP contribution in [-0.2, 0) is 0 Å². The van der Waals surface area contributed by atoms with Gasteiger partial charge in [-0.25, -0.2) is 0 Å². The van der Waals surface area contributed by atoms with E-state index in [0.29, 0.717) is 0 Å². The Kier molecular flexibility index (Phi) is 31.7. The predicted octanol–water partition coefficient (Wildman–Crippen LogP) is 5.36. The zero-order valence-electron chi connectivity index (χ0n) is 10.3. The molecule has 0 nitrogen and oxygen atoms in total. The average Bonchev–Trinajstić information content (AvgIpc) is 2.09. The van der Waals surface area contributed by atoms with Gasteiger partial charge in [-0.3, -0.25) is 0 Å². The van der Waals surface area contributed by atoms with E-state index < -0.39 is 0 Å². The molecular weight excluding hydrogens is 156 g/mol. The highest BCUT2D eigenvalue weighted by atomic mass is 13.9. The van der Waals surface area contributed by atoms with Crippen LogP contribution in [0.25, 0.3) is 0 Å². The molecule has 0 amide bonds. The van der Waals surface area contributed by atoms with Gasteiger partial charge in [0.15, 0.2) is 0 Å². The third-order valence-electron chi connectivity index (χ3n) is 1.01. The molecule has 0 saturated heterocycles. The average molecular weight is 184 g/mol. The Labute approximate surface area is 85.8 Å². The molecule has 0 aliphatic rings. The van der Waals surface area contributed by atoms with Gasteiger partial charge in [-0.2, -0.15) is 0 Å². The molecule has 0 aromatic heterocycles. The third kappa shape index (κ3) is 51.4. The van der Waals surface area contributed by atoms with E-state index in [9.17, 15) is 0 Å². The summed E-state index contributed by atoms with van der Waals surface area (Å²) < 4.78 is 0. The molecule has 0 bridgehead atoms. The van der Waals surface area contributed by atoms with E-state index in [0.717, 1.165) is 12.8 Å². The Balaban J connectivity index is -0.000000169. The summed E-state index contributed by atoms with van der Waals surface area (Å²) in [7, 11) is 0. The first-order valence-corrected chi connectivity index (χ1v) is 5.44.